The molecule has 28 heavy (non-hydrogen) atoms. The van der Waals surface area contributed by atoms with E-state index in [9.17, 15) is 4.79 Å². The second kappa shape index (κ2) is 8.50. The Morgan fingerprint density at radius 1 is 0.893 bits per heavy atom. The maximum absolute atomic E-state index is 12.5. The van der Waals surface area contributed by atoms with Crippen molar-refractivity contribution in [2.75, 3.05) is 5.32 Å². The Bertz CT molecular complexity index is 1060. The summed E-state index contributed by atoms with van der Waals surface area (Å²) in [6.45, 7) is 0.543. The van der Waals surface area contributed by atoms with E-state index in [4.69, 9.17) is 0 Å². The van der Waals surface area contributed by atoms with Gasteiger partial charge in [0.05, 0.1) is 6.54 Å². The molecule has 0 aliphatic heterocycles. The third-order valence-corrected chi connectivity index (χ3v) is 5.14. The van der Waals surface area contributed by atoms with Crippen LogP contribution in [0.3, 0.4) is 0 Å². The fraction of sp³-hybridized carbons (Fsp3) is 0.0435. The Hall–Kier alpha value is -3.44. The molecular formula is C23H19N3OS. The lowest BCUT2D eigenvalue weighted by Gasteiger charge is -2.09. The predicted molar refractivity (Wildman–Crippen MR) is 115 cm³/mol. The van der Waals surface area contributed by atoms with Crippen molar-refractivity contribution in [3.05, 3.63) is 101 Å². The molecule has 4 aromatic rings. The zero-order valence-corrected chi connectivity index (χ0v) is 15.9. The molecule has 2 aromatic heterocycles. The fourth-order valence-electron chi connectivity index (χ4n) is 2.87. The van der Waals surface area contributed by atoms with E-state index in [0.717, 1.165) is 27.5 Å². The number of amides is 1. The van der Waals surface area contributed by atoms with Gasteiger partial charge in [0.25, 0.3) is 5.91 Å². The zero-order valence-electron chi connectivity index (χ0n) is 15.1. The molecule has 0 saturated heterocycles. The van der Waals surface area contributed by atoms with Crippen LogP contribution >= 0.6 is 11.3 Å². The minimum atomic E-state index is -0.0769. The number of nitrogens with zero attached hydrogens (tertiary/aromatic N) is 1. The number of rotatable bonds is 6. The van der Waals surface area contributed by atoms with Crippen molar-refractivity contribution >= 4 is 28.7 Å². The molecule has 5 heteroatoms. The van der Waals surface area contributed by atoms with Gasteiger partial charge in [-0.2, -0.15) is 0 Å². The Balaban J connectivity index is 1.50. The predicted octanol–water partition coefficient (Wildman–Crippen LogP) is 5.48. The highest BCUT2D eigenvalue weighted by molar-refractivity contribution is 7.09. The molecule has 0 radical (unpaired) electrons. The standard InChI is InChI=1S/C23H19N3OS/c27-23(25-16-21-10-5-13-28-21)19-7-4-6-17(14-19)18-11-12-24-22(15-18)26-20-8-2-1-3-9-20/h1-15H,16H2,(H,24,26)(H,25,27). The topological polar surface area (TPSA) is 54.0 Å². The molecule has 4 nitrogen and oxygen atoms in total. The van der Waals surface area contributed by atoms with Gasteiger partial charge >= 0.3 is 0 Å². The number of carbonyl (C=O) groups excluding carboxylic acids is 1. The monoisotopic (exact) mass is 385 g/mol. The van der Waals surface area contributed by atoms with Gasteiger partial charge in [-0.05, 0) is 59.0 Å². The van der Waals surface area contributed by atoms with E-state index in [0.29, 0.717) is 12.1 Å². The first-order valence-corrected chi connectivity index (χ1v) is 9.85. The summed E-state index contributed by atoms with van der Waals surface area (Å²) in [5, 5.41) is 8.28. The molecule has 138 valence electrons. The fourth-order valence-corrected chi connectivity index (χ4v) is 3.52. The molecule has 2 aromatic carbocycles. The Kier molecular flexibility index (Phi) is 5.45. The summed E-state index contributed by atoms with van der Waals surface area (Å²) in [7, 11) is 0. The molecule has 0 saturated carbocycles. The molecule has 4 rings (SSSR count). The van der Waals surface area contributed by atoms with E-state index >= 15 is 0 Å². The smallest absolute Gasteiger partial charge is 0.251 e. The first-order chi connectivity index (χ1) is 13.8. The summed E-state index contributed by atoms with van der Waals surface area (Å²) >= 11 is 1.63. The van der Waals surface area contributed by atoms with Gasteiger partial charge in [-0.15, -0.1) is 11.3 Å². The minimum Gasteiger partial charge on any atom is -0.347 e. The second-order valence-corrected chi connectivity index (χ2v) is 7.30. The van der Waals surface area contributed by atoms with Crippen LogP contribution in [0.5, 0.6) is 0 Å². The molecule has 0 bridgehead atoms. The van der Waals surface area contributed by atoms with Gasteiger partial charge in [0, 0.05) is 22.3 Å². The highest BCUT2D eigenvalue weighted by Gasteiger charge is 2.08. The molecule has 0 fully saturated rings. The van der Waals surface area contributed by atoms with Crippen molar-refractivity contribution < 1.29 is 4.79 Å². The van der Waals surface area contributed by atoms with Crippen molar-refractivity contribution in [2.24, 2.45) is 0 Å². The van der Waals surface area contributed by atoms with Crippen LogP contribution in [-0.4, -0.2) is 10.9 Å². The quantitative estimate of drug-likeness (QED) is 0.462. The number of hydrogen-bond acceptors (Lipinski definition) is 4. The number of aromatic nitrogens is 1. The number of para-hydroxylation sites is 1. The van der Waals surface area contributed by atoms with Crippen LogP contribution in [0.15, 0.2) is 90.4 Å². The third kappa shape index (κ3) is 4.45. The van der Waals surface area contributed by atoms with Gasteiger partial charge in [0.15, 0.2) is 0 Å². The number of nitrogens with one attached hydrogen (secondary N) is 2. The van der Waals surface area contributed by atoms with Crippen molar-refractivity contribution in [1.82, 2.24) is 10.3 Å². The molecule has 0 atom stereocenters. The summed E-state index contributed by atoms with van der Waals surface area (Å²) in [5.74, 6) is 0.684. The van der Waals surface area contributed by atoms with Crippen molar-refractivity contribution in [3.63, 3.8) is 0 Å². The molecule has 1 amide bonds. The van der Waals surface area contributed by atoms with Crippen molar-refractivity contribution in [2.45, 2.75) is 6.54 Å². The Morgan fingerprint density at radius 2 is 1.75 bits per heavy atom. The lowest BCUT2D eigenvalue weighted by molar-refractivity contribution is 0.0951. The maximum Gasteiger partial charge on any atom is 0.251 e. The number of pyridine rings is 1. The summed E-state index contributed by atoms with van der Waals surface area (Å²) in [5.41, 5.74) is 3.60. The van der Waals surface area contributed by atoms with Gasteiger partial charge < -0.3 is 10.6 Å². The SMILES string of the molecule is O=C(NCc1cccs1)c1cccc(-c2ccnc(Nc3ccccc3)c2)c1. The zero-order chi connectivity index (χ0) is 19.2. The second-order valence-electron chi connectivity index (χ2n) is 6.26. The molecule has 0 spiro atoms. The van der Waals surface area contributed by atoms with Gasteiger partial charge in [0.1, 0.15) is 5.82 Å². The van der Waals surface area contributed by atoms with E-state index < -0.39 is 0 Å². The van der Waals surface area contributed by atoms with Crippen LogP contribution in [0, 0.1) is 0 Å². The summed E-state index contributed by atoms with van der Waals surface area (Å²) < 4.78 is 0. The van der Waals surface area contributed by atoms with Crippen molar-refractivity contribution in [1.29, 1.82) is 0 Å². The molecule has 0 aliphatic carbocycles. The summed E-state index contributed by atoms with van der Waals surface area (Å²) in [6.07, 6.45) is 1.77. The van der Waals surface area contributed by atoms with Gasteiger partial charge in [-0.25, -0.2) is 4.98 Å². The van der Waals surface area contributed by atoms with E-state index in [2.05, 4.69) is 15.6 Å². The molecule has 0 aliphatic rings. The van der Waals surface area contributed by atoms with Crippen LogP contribution in [0.25, 0.3) is 11.1 Å². The van der Waals surface area contributed by atoms with Crippen LogP contribution in [0.2, 0.25) is 0 Å². The van der Waals surface area contributed by atoms with Gasteiger partial charge in [0.2, 0.25) is 0 Å². The summed E-state index contributed by atoms with van der Waals surface area (Å²) in [4.78, 5) is 18.0. The highest BCUT2D eigenvalue weighted by Crippen LogP contribution is 2.24. The average Bonchev–Trinajstić information content (AvgIpc) is 3.27. The van der Waals surface area contributed by atoms with Crippen LogP contribution in [0.1, 0.15) is 15.2 Å². The molecule has 2 heterocycles. The molecular weight excluding hydrogens is 366 g/mol. The third-order valence-electron chi connectivity index (χ3n) is 4.27. The first kappa shape index (κ1) is 17.9. The number of thiophene rings is 1. The Morgan fingerprint density at radius 3 is 2.57 bits per heavy atom. The van der Waals surface area contributed by atoms with Crippen molar-refractivity contribution in [3.8, 4) is 11.1 Å². The Labute approximate surface area is 167 Å². The first-order valence-electron chi connectivity index (χ1n) is 8.97. The van der Waals surface area contributed by atoms with Crippen LogP contribution < -0.4 is 10.6 Å². The largest absolute Gasteiger partial charge is 0.347 e. The van der Waals surface area contributed by atoms with Gasteiger partial charge in [-0.1, -0.05) is 36.4 Å². The maximum atomic E-state index is 12.5. The number of anilines is 2. The summed E-state index contributed by atoms with van der Waals surface area (Å²) in [6, 6.07) is 25.5. The number of benzene rings is 2. The van der Waals surface area contributed by atoms with Crippen LogP contribution in [-0.2, 0) is 6.54 Å². The van der Waals surface area contributed by atoms with E-state index in [-0.39, 0.29) is 5.91 Å². The normalized spacial score (nSPS) is 10.4. The van der Waals surface area contributed by atoms with E-state index in [1.54, 1.807) is 17.5 Å². The van der Waals surface area contributed by atoms with Crippen LogP contribution in [0.4, 0.5) is 11.5 Å². The minimum absolute atomic E-state index is 0.0769. The van der Waals surface area contributed by atoms with Gasteiger partial charge in [-0.3, -0.25) is 4.79 Å². The van der Waals surface area contributed by atoms with E-state index in [1.807, 2.05) is 84.2 Å². The number of carbonyl (C=O) groups is 1. The van der Waals surface area contributed by atoms with E-state index in [1.165, 1.54) is 0 Å². The lowest BCUT2D eigenvalue weighted by Crippen LogP contribution is -2.22. The number of hydrogen-bond donors (Lipinski definition) is 2. The molecule has 0 unspecified atom stereocenters. The average molecular weight is 385 g/mol. The lowest BCUT2D eigenvalue weighted by atomic mass is 10.0. The molecule has 2 N–H and O–H groups in total. The highest BCUT2D eigenvalue weighted by atomic mass is 32.1.